The quantitative estimate of drug-likeness (QED) is 0.149. The minimum Gasteiger partial charge on any atom is -0.493 e. The SMILES string of the molecule is CCCCC(CC)CN(CC(CC)CCCC)S(=O)(=O)c1cccc(N=Nc2c(C)c(C#N)c(O)n(-c3ccccc3)c2=O)c1. The number of para-hydroxylation sites is 1. The van der Waals surface area contributed by atoms with E-state index >= 15 is 0 Å². The highest BCUT2D eigenvalue weighted by atomic mass is 32.2. The van der Waals surface area contributed by atoms with Gasteiger partial charge in [-0.1, -0.05) is 90.5 Å². The first kappa shape index (κ1) is 35.7. The van der Waals surface area contributed by atoms with E-state index in [1.54, 1.807) is 52.8 Å². The molecule has 0 aliphatic carbocycles. The van der Waals surface area contributed by atoms with Crippen LogP contribution in [-0.4, -0.2) is 35.5 Å². The van der Waals surface area contributed by atoms with Crippen molar-refractivity contribution in [1.29, 1.82) is 5.26 Å². The van der Waals surface area contributed by atoms with Gasteiger partial charge in [0.15, 0.2) is 5.69 Å². The van der Waals surface area contributed by atoms with E-state index in [0.717, 1.165) is 55.9 Å². The zero-order valence-electron chi connectivity index (χ0n) is 27.2. The molecule has 2 atom stereocenters. The number of aromatic hydroxyl groups is 1. The van der Waals surface area contributed by atoms with Crippen LogP contribution in [0.5, 0.6) is 5.88 Å². The minimum absolute atomic E-state index is 0.0959. The summed E-state index contributed by atoms with van der Waals surface area (Å²) in [5, 5.41) is 28.9. The number of aromatic nitrogens is 1. The van der Waals surface area contributed by atoms with Crippen molar-refractivity contribution in [2.75, 3.05) is 13.1 Å². The van der Waals surface area contributed by atoms with Crippen LogP contribution in [0.25, 0.3) is 5.69 Å². The summed E-state index contributed by atoms with van der Waals surface area (Å²) in [6.45, 7) is 11.0. The molecule has 2 aromatic carbocycles. The Balaban J connectivity index is 2.03. The number of hydrogen-bond acceptors (Lipinski definition) is 7. The van der Waals surface area contributed by atoms with E-state index in [2.05, 4.69) is 37.9 Å². The van der Waals surface area contributed by atoms with Crippen LogP contribution in [0.3, 0.4) is 0 Å². The molecule has 1 N–H and O–H groups in total. The predicted octanol–water partition coefficient (Wildman–Crippen LogP) is 8.56. The van der Waals surface area contributed by atoms with Crippen molar-refractivity contribution in [3.63, 3.8) is 0 Å². The fraction of sp³-hybridized carbons (Fsp3) is 0.486. The molecule has 0 radical (unpaired) electrons. The molecule has 0 bridgehead atoms. The fourth-order valence-corrected chi connectivity index (χ4v) is 7.11. The molecule has 0 fully saturated rings. The Kier molecular flexibility index (Phi) is 13.5. The summed E-state index contributed by atoms with van der Waals surface area (Å²) in [4.78, 5) is 13.6. The van der Waals surface area contributed by atoms with Crippen molar-refractivity contribution in [2.45, 2.75) is 90.9 Å². The van der Waals surface area contributed by atoms with Gasteiger partial charge in [-0.25, -0.2) is 13.0 Å². The van der Waals surface area contributed by atoms with Gasteiger partial charge in [0.05, 0.1) is 16.3 Å². The van der Waals surface area contributed by atoms with Crippen LogP contribution in [0.4, 0.5) is 11.4 Å². The van der Waals surface area contributed by atoms with Crippen LogP contribution in [0.2, 0.25) is 0 Å². The lowest BCUT2D eigenvalue weighted by Crippen LogP contribution is -2.39. The molecular weight excluding hydrogens is 586 g/mol. The molecule has 3 rings (SSSR count). The molecule has 0 saturated heterocycles. The van der Waals surface area contributed by atoms with Crippen LogP contribution in [0.1, 0.15) is 90.2 Å². The van der Waals surface area contributed by atoms with Crippen molar-refractivity contribution >= 4 is 21.4 Å². The molecule has 10 heteroatoms. The molecule has 1 aromatic heterocycles. The zero-order chi connectivity index (χ0) is 33.0. The molecule has 1 heterocycles. The monoisotopic (exact) mass is 633 g/mol. The first-order valence-corrected chi connectivity index (χ1v) is 17.5. The Bertz CT molecular complexity index is 1630. The maximum atomic E-state index is 14.2. The lowest BCUT2D eigenvalue weighted by Gasteiger charge is -2.30. The standard InChI is InChI=1S/C35H47N5O4S/c1-6-10-16-27(8-3)24-39(25-28(9-4)17-11-7-2)45(43,44)31-21-15-18-29(22-31)37-38-33-26(5)32(23-36)34(41)40(35(33)42)30-19-13-12-14-20-30/h12-15,18-22,27-28,41H,6-11,16-17,24-25H2,1-5H3. The van der Waals surface area contributed by atoms with E-state index in [4.69, 9.17) is 0 Å². The van der Waals surface area contributed by atoms with Crippen LogP contribution < -0.4 is 5.56 Å². The van der Waals surface area contributed by atoms with Gasteiger partial charge in [0, 0.05) is 18.7 Å². The number of benzene rings is 2. The summed E-state index contributed by atoms with van der Waals surface area (Å²) in [6.07, 6.45) is 8.03. The average molecular weight is 634 g/mol. The molecule has 242 valence electrons. The molecule has 45 heavy (non-hydrogen) atoms. The smallest absolute Gasteiger partial charge is 0.286 e. The molecule has 0 aliphatic rings. The topological polar surface area (TPSA) is 128 Å². The van der Waals surface area contributed by atoms with E-state index < -0.39 is 21.5 Å². The Morgan fingerprint density at radius 3 is 2.04 bits per heavy atom. The van der Waals surface area contributed by atoms with Gasteiger partial charge in [0.1, 0.15) is 11.6 Å². The van der Waals surface area contributed by atoms with Crippen LogP contribution >= 0.6 is 0 Å². The van der Waals surface area contributed by atoms with Crippen LogP contribution in [0.15, 0.2) is 74.5 Å². The predicted molar refractivity (Wildman–Crippen MR) is 179 cm³/mol. The van der Waals surface area contributed by atoms with Crippen molar-refractivity contribution in [1.82, 2.24) is 8.87 Å². The summed E-state index contributed by atoms with van der Waals surface area (Å²) < 4.78 is 31.0. The first-order chi connectivity index (χ1) is 21.6. The van der Waals surface area contributed by atoms with E-state index in [1.807, 2.05) is 6.07 Å². The Hall–Kier alpha value is -3.81. The molecule has 2 unspecified atom stereocenters. The first-order valence-electron chi connectivity index (χ1n) is 16.1. The highest BCUT2D eigenvalue weighted by Crippen LogP contribution is 2.30. The van der Waals surface area contributed by atoms with E-state index in [-0.39, 0.29) is 39.2 Å². The highest BCUT2D eigenvalue weighted by Gasteiger charge is 2.29. The third kappa shape index (κ3) is 8.89. The maximum Gasteiger partial charge on any atom is 0.286 e. The average Bonchev–Trinajstić information content (AvgIpc) is 3.04. The number of rotatable bonds is 17. The molecule has 0 spiro atoms. The molecular formula is C35H47N5O4S. The Labute approximate surface area is 268 Å². The Morgan fingerprint density at radius 1 is 0.911 bits per heavy atom. The second-order valence-corrected chi connectivity index (χ2v) is 13.6. The van der Waals surface area contributed by atoms with Gasteiger partial charge in [-0.2, -0.15) is 14.7 Å². The lowest BCUT2D eigenvalue weighted by atomic mass is 9.97. The molecule has 0 amide bonds. The molecule has 9 nitrogen and oxygen atoms in total. The van der Waals surface area contributed by atoms with E-state index in [0.29, 0.717) is 18.8 Å². The van der Waals surface area contributed by atoms with Gasteiger partial charge in [-0.05, 0) is 61.9 Å². The van der Waals surface area contributed by atoms with Crippen molar-refractivity contribution in [3.05, 3.63) is 76.1 Å². The summed E-state index contributed by atoms with van der Waals surface area (Å²) in [6, 6.07) is 16.7. The number of azo groups is 1. The van der Waals surface area contributed by atoms with E-state index in [9.17, 15) is 23.6 Å². The van der Waals surface area contributed by atoms with Gasteiger partial charge in [-0.3, -0.25) is 4.79 Å². The normalized spacial score (nSPS) is 13.3. The van der Waals surface area contributed by atoms with Gasteiger partial charge >= 0.3 is 0 Å². The lowest BCUT2D eigenvalue weighted by molar-refractivity contribution is 0.270. The third-order valence-electron chi connectivity index (χ3n) is 8.43. The Morgan fingerprint density at radius 2 is 1.51 bits per heavy atom. The number of pyridine rings is 1. The summed E-state index contributed by atoms with van der Waals surface area (Å²) in [7, 11) is -3.85. The summed E-state index contributed by atoms with van der Waals surface area (Å²) in [5.41, 5.74) is -0.0583. The second-order valence-electron chi connectivity index (χ2n) is 11.6. The van der Waals surface area contributed by atoms with Gasteiger partial charge in [-0.15, -0.1) is 5.11 Å². The van der Waals surface area contributed by atoms with Gasteiger partial charge in [0.25, 0.3) is 5.56 Å². The largest absolute Gasteiger partial charge is 0.493 e. The third-order valence-corrected chi connectivity index (χ3v) is 10.3. The highest BCUT2D eigenvalue weighted by molar-refractivity contribution is 7.89. The zero-order valence-corrected chi connectivity index (χ0v) is 28.1. The fourth-order valence-electron chi connectivity index (χ4n) is 5.47. The molecule has 0 saturated carbocycles. The van der Waals surface area contributed by atoms with Gasteiger partial charge in [0.2, 0.25) is 15.9 Å². The number of hydrogen-bond donors (Lipinski definition) is 1. The van der Waals surface area contributed by atoms with Crippen molar-refractivity contribution in [2.24, 2.45) is 22.1 Å². The second kappa shape index (κ2) is 17.0. The van der Waals surface area contributed by atoms with Crippen molar-refractivity contribution < 1.29 is 13.5 Å². The van der Waals surface area contributed by atoms with Crippen molar-refractivity contribution in [3.8, 4) is 17.6 Å². The minimum atomic E-state index is -3.85. The van der Waals surface area contributed by atoms with E-state index in [1.165, 1.54) is 13.0 Å². The van der Waals surface area contributed by atoms with Crippen LogP contribution in [0, 0.1) is 30.1 Å². The summed E-state index contributed by atoms with van der Waals surface area (Å²) in [5.74, 6) is 0.0571. The summed E-state index contributed by atoms with van der Waals surface area (Å²) >= 11 is 0. The maximum absolute atomic E-state index is 14.2. The number of sulfonamides is 1. The molecule has 3 aromatic rings. The number of unbranched alkanes of at least 4 members (excludes halogenated alkanes) is 2. The van der Waals surface area contributed by atoms with Gasteiger partial charge < -0.3 is 5.11 Å². The number of nitriles is 1. The number of nitrogens with zero attached hydrogens (tertiary/aromatic N) is 5. The molecule has 0 aliphatic heterocycles. The van der Waals surface area contributed by atoms with Crippen LogP contribution in [-0.2, 0) is 10.0 Å².